The van der Waals surface area contributed by atoms with Gasteiger partial charge in [0.2, 0.25) is 0 Å². The third-order valence-corrected chi connectivity index (χ3v) is 6.89. The van der Waals surface area contributed by atoms with Crippen LogP contribution in [0.5, 0.6) is 0 Å². The molecule has 0 radical (unpaired) electrons. The molecule has 8 nitrogen and oxygen atoms in total. The summed E-state index contributed by atoms with van der Waals surface area (Å²) >= 11 is 1.08. The highest BCUT2D eigenvalue weighted by Gasteiger charge is 2.33. The van der Waals surface area contributed by atoms with Gasteiger partial charge < -0.3 is 4.90 Å². The number of carbonyl (C=O) groups is 1. The van der Waals surface area contributed by atoms with Crippen LogP contribution in [-0.2, 0) is 10.0 Å². The fraction of sp³-hybridized carbons (Fsp3) is 0.263. The van der Waals surface area contributed by atoms with Crippen molar-refractivity contribution in [1.29, 1.82) is 0 Å². The summed E-state index contributed by atoms with van der Waals surface area (Å²) in [5, 5.41) is 1.73. The van der Waals surface area contributed by atoms with Crippen LogP contribution in [0.15, 0.2) is 52.9 Å². The standard InChI is InChI=1S/C19H19N5O3S2/c1-13-20-10-9-15(21-13)17-8-5-11-24(17)18(25)16-12-28-19(22-16)23-29(26,27)14-6-3-2-4-7-14/h2-4,6-7,9-10,12,17H,5,8,11H2,1H3,(H,22,23). The number of aryl methyl sites for hydroxylation is 1. The number of rotatable bonds is 5. The quantitative estimate of drug-likeness (QED) is 0.668. The zero-order chi connectivity index (χ0) is 20.4. The Labute approximate surface area is 172 Å². The molecule has 150 valence electrons. The van der Waals surface area contributed by atoms with E-state index in [-0.39, 0.29) is 27.7 Å². The van der Waals surface area contributed by atoms with Crippen molar-refractivity contribution < 1.29 is 13.2 Å². The number of aromatic nitrogens is 3. The molecule has 0 aliphatic carbocycles. The zero-order valence-electron chi connectivity index (χ0n) is 15.6. The summed E-state index contributed by atoms with van der Waals surface area (Å²) in [7, 11) is -3.75. The Morgan fingerprint density at radius 1 is 1.21 bits per heavy atom. The molecule has 29 heavy (non-hydrogen) atoms. The highest BCUT2D eigenvalue weighted by atomic mass is 32.2. The Morgan fingerprint density at radius 3 is 2.76 bits per heavy atom. The zero-order valence-corrected chi connectivity index (χ0v) is 17.3. The van der Waals surface area contributed by atoms with Crippen LogP contribution in [-0.4, -0.2) is 40.7 Å². The predicted molar refractivity (Wildman–Crippen MR) is 109 cm³/mol. The number of carbonyl (C=O) groups excluding carboxylic acids is 1. The lowest BCUT2D eigenvalue weighted by atomic mass is 10.1. The van der Waals surface area contributed by atoms with Crippen LogP contribution in [0.2, 0.25) is 0 Å². The van der Waals surface area contributed by atoms with Crippen molar-refractivity contribution in [2.45, 2.75) is 30.7 Å². The topological polar surface area (TPSA) is 105 Å². The van der Waals surface area contributed by atoms with Gasteiger partial charge in [-0.25, -0.2) is 23.4 Å². The average molecular weight is 430 g/mol. The SMILES string of the molecule is Cc1nccc(C2CCCN2C(=O)c2csc(NS(=O)(=O)c3ccccc3)n2)n1. The predicted octanol–water partition coefficient (Wildman–Crippen LogP) is 3.02. The lowest BCUT2D eigenvalue weighted by Gasteiger charge is -2.23. The van der Waals surface area contributed by atoms with Crippen molar-refractivity contribution in [1.82, 2.24) is 19.9 Å². The van der Waals surface area contributed by atoms with E-state index >= 15 is 0 Å². The summed E-state index contributed by atoms with van der Waals surface area (Å²) in [6, 6.07) is 9.73. The van der Waals surface area contributed by atoms with Crippen molar-refractivity contribution in [3.63, 3.8) is 0 Å². The molecule has 1 aliphatic heterocycles. The van der Waals surface area contributed by atoms with Gasteiger partial charge in [0.1, 0.15) is 11.5 Å². The molecule has 0 bridgehead atoms. The molecule has 2 aromatic heterocycles. The number of likely N-dealkylation sites (tertiary alicyclic amines) is 1. The summed E-state index contributed by atoms with van der Waals surface area (Å²) in [6.45, 7) is 2.42. The first-order valence-corrected chi connectivity index (χ1v) is 11.4. The molecule has 0 spiro atoms. The minimum atomic E-state index is -3.75. The van der Waals surface area contributed by atoms with Gasteiger partial charge in [0, 0.05) is 18.1 Å². The second-order valence-corrected chi connectivity index (χ2v) is 9.18. The summed E-state index contributed by atoms with van der Waals surface area (Å²) in [5.74, 6) is 0.429. The first-order chi connectivity index (χ1) is 13.9. The minimum absolute atomic E-state index is 0.129. The first kappa shape index (κ1) is 19.5. The van der Waals surface area contributed by atoms with Gasteiger partial charge >= 0.3 is 0 Å². The maximum absolute atomic E-state index is 13.0. The number of thiazole rings is 1. The summed E-state index contributed by atoms with van der Waals surface area (Å²) in [5.41, 5.74) is 1.03. The van der Waals surface area contributed by atoms with Gasteiger partial charge in [-0.3, -0.25) is 9.52 Å². The second kappa shape index (κ2) is 7.88. The molecule has 1 fully saturated rings. The van der Waals surface area contributed by atoms with Gasteiger partial charge in [0.25, 0.3) is 15.9 Å². The Bertz CT molecular complexity index is 1130. The van der Waals surface area contributed by atoms with Crippen LogP contribution in [0.3, 0.4) is 0 Å². The summed E-state index contributed by atoms with van der Waals surface area (Å²) in [4.78, 5) is 27.7. The van der Waals surface area contributed by atoms with Crippen molar-refractivity contribution in [3.8, 4) is 0 Å². The van der Waals surface area contributed by atoms with Crippen LogP contribution in [0, 0.1) is 6.92 Å². The number of hydrogen-bond acceptors (Lipinski definition) is 7. The van der Waals surface area contributed by atoms with E-state index in [4.69, 9.17) is 0 Å². The molecular weight excluding hydrogens is 410 g/mol. The van der Waals surface area contributed by atoms with Crippen LogP contribution in [0.4, 0.5) is 5.13 Å². The third-order valence-electron chi connectivity index (χ3n) is 4.65. The molecule has 1 amide bonds. The number of nitrogens with one attached hydrogen (secondary N) is 1. The molecular formula is C19H19N5O3S2. The molecule has 1 N–H and O–H groups in total. The largest absolute Gasteiger partial charge is 0.329 e. The van der Waals surface area contributed by atoms with E-state index in [0.717, 1.165) is 29.9 Å². The monoisotopic (exact) mass is 429 g/mol. The van der Waals surface area contributed by atoms with E-state index in [9.17, 15) is 13.2 Å². The van der Waals surface area contributed by atoms with E-state index < -0.39 is 10.0 Å². The molecule has 10 heteroatoms. The average Bonchev–Trinajstić information content (AvgIpc) is 3.37. The number of nitrogens with zero attached hydrogens (tertiary/aromatic N) is 4. The van der Waals surface area contributed by atoms with Crippen molar-refractivity contribution in [2.24, 2.45) is 0 Å². The second-order valence-electron chi connectivity index (χ2n) is 6.64. The summed E-state index contributed by atoms with van der Waals surface area (Å²) < 4.78 is 27.3. The highest BCUT2D eigenvalue weighted by molar-refractivity contribution is 7.93. The van der Waals surface area contributed by atoms with Crippen LogP contribution >= 0.6 is 11.3 Å². The molecule has 1 unspecified atom stereocenters. The fourth-order valence-corrected chi connectivity index (χ4v) is 5.28. The van der Waals surface area contributed by atoms with E-state index in [1.54, 1.807) is 34.7 Å². The normalized spacial score (nSPS) is 16.7. The molecule has 0 saturated carbocycles. The highest BCUT2D eigenvalue weighted by Crippen LogP contribution is 2.32. The Hall–Kier alpha value is -2.85. The Kier molecular flexibility index (Phi) is 5.29. The van der Waals surface area contributed by atoms with Crippen LogP contribution in [0.1, 0.15) is 40.9 Å². The smallest absolute Gasteiger partial charge is 0.273 e. The number of sulfonamides is 1. The van der Waals surface area contributed by atoms with E-state index in [1.165, 1.54) is 12.1 Å². The summed E-state index contributed by atoms with van der Waals surface area (Å²) in [6.07, 6.45) is 3.38. The maximum Gasteiger partial charge on any atom is 0.273 e. The van der Waals surface area contributed by atoms with E-state index in [2.05, 4.69) is 19.7 Å². The Morgan fingerprint density at radius 2 is 2.00 bits per heavy atom. The van der Waals surface area contributed by atoms with E-state index in [0.29, 0.717) is 12.4 Å². The van der Waals surface area contributed by atoms with Crippen molar-refractivity contribution in [2.75, 3.05) is 11.3 Å². The molecule has 1 aromatic carbocycles. The van der Waals surface area contributed by atoms with Gasteiger partial charge in [0.05, 0.1) is 16.6 Å². The van der Waals surface area contributed by atoms with E-state index in [1.807, 2.05) is 13.0 Å². The van der Waals surface area contributed by atoms with Gasteiger partial charge in [-0.15, -0.1) is 11.3 Å². The maximum atomic E-state index is 13.0. The van der Waals surface area contributed by atoms with Gasteiger partial charge in [-0.2, -0.15) is 0 Å². The van der Waals surface area contributed by atoms with Gasteiger partial charge in [-0.05, 0) is 38.0 Å². The molecule has 3 aromatic rings. The van der Waals surface area contributed by atoms with Crippen molar-refractivity contribution in [3.05, 3.63) is 65.2 Å². The molecule has 4 rings (SSSR count). The number of anilines is 1. The molecule has 1 aliphatic rings. The van der Waals surface area contributed by atoms with Crippen LogP contribution in [0.25, 0.3) is 0 Å². The first-order valence-electron chi connectivity index (χ1n) is 9.08. The molecule has 1 saturated heterocycles. The Balaban J connectivity index is 1.52. The lowest BCUT2D eigenvalue weighted by molar-refractivity contribution is 0.0727. The number of hydrogen-bond donors (Lipinski definition) is 1. The van der Waals surface area contributed by atoms with Gasteiger partial charge in [-0.1, -0.05) is 18.2 Å². The van der Waals surface area contributed by atoms with Crippen molar-refractivity contribution >= 4 is 32.4 Å². The minimum Gasteiger partial charge on any atom is -0.329 e. The number of benzene rings is 1. The lowest BCUT2D eigenvalue weighted by Crippen LogP contribution is -2.31. The van der Waals surface area contributed by atoms with Gasteiger partial charge in [0.15, 0.2) is 5.13 Å². The molecule has 3 heterocycles. The number of amides is 1. The fourth-order valence-electron chi connectivity index (χ4n) is 3.32. The third kappa shape index (κ3) is 4.13. The molecule has 1 atom stereocenters. The van der Waals surface area contributed by atoms with Crippen LogP contribution < -0.4 is 4.72 Å².